The second-order valence-corrected chi connectivity index (χ2v) is 6.15. The molecule has 0 saturated heterocycles. The van der Waals surface area contributed by atoms with Gasteiger partial charge < -0.3 is 14.6 Å². The van der Waals surface area contributed by atoms with Crippen LogP contribution in [0.15, 0.2) is 40.1 Å². The van der Waals surface area contributed by atoms with Crippen LogP contribution in [0.25, 0.3) is 0 Å². The van der Waals surface area contributed by atoms with Crippen molar-refractivity contribution < 1.29 is 27.8 Å². The van der Waals surface area contributed by atoms with E-state index in [1.165, 1.54) is 19.2 Å². The van der Waals surface area contributed by atoms with Crippen LogP contribution in [0.5, 0.6) is 0 Å². The first-order valence-electron chi connectivity index (χ1n) is 6.19. The number of carboxylic acid groups (broad SMARTS) is 1. The predicted octanol–water partition coefficient (Wildman–Crippen LogP) is 1.40. The second kappa shape index (κ2) is 7.92. The Hall–Kier alpha value is -1.70. The molecule has 0 fully saturated rings. The van der Waals surface area contributed by atoms with Gasteiger partial charge in [0.05, 0.1) is 30.3 Å². The van der Waals surface area contributed by atoms with Crippen molar-refractivity contribution in [2.45, 2.75) is 11.8 Å². The lowest BCUT2D eigenvalue weighted by Gasteiger charge is -2.06. The van der Waals surface area contributed by atoms with Crippen molar-refractivity contribution in [3.8, 4) is 0 Å². The fourth-order valence-corrected chi connectivity index (χ4v) is 2.65. The molecule has 0 heterocycles. The van der Waals surface area contributed by atoms with Crippen molar-refractivity contribution in [2.24, 2.45) is 0 Å². The van der Waals surface area contributed by atoms with Crippen LogP contribution in [-0.2, 0) is 24.1 Å². The number of methoxy groups -OCH3 is 1. The number of carboxylic acids is 1. The largest absolute Gasteiger partial charge is 0.478 e. The van der Waals surface area contributed by atoms with Crippen LogP contribution in [-0.4, -0.2) is 46.4 Å². The Balaban J connectivity index is 2.92. The Morgan fingerprint density at radius 1 is 1.24 bits per heavy atom. The van der Waals surface area contributed by atoms with Gasteiger partial charge in [-0.05, 0) is 19.1 Å². The van der Waals surface area contributed by atoms with E-state index in [0.29, 0.717) is 6.61 Å². The highest BCUT2D eigenvalue weighted by atomic mass is 32.2. The maximum absolute atomic E-state index is 12.1. The number of carbonyl (C=O) groups is 1. The maximum Gasteiger partial charge on any atom is 0.334 e. The summed E-state index contributed by atoms with van der Waals surface area (Å²) in [4.78, 5) is 11.1. The minimum atomic E-state index is -3.82. The topological polar surface area (TPSA) is 89.9 Å². The van der Waals surface area contributed by atoms with Gasteiger partial charge >= 0.3 is 5.97 Å². The molecule has 116 valence electrons. The molecule has 0 amide bonds. The van der Waals surface area contributed by atoms with E-state index in [-0.39, 0.29) is 23.7 Å². The van der Waals surface area contributed by atoms with E-state index < -0.39 is 15.8 Å². The Labute approximate surface area is 123 Å². The van der Waals surface area contributed by atoms with Gasteiger partial charge in [0.1, 0.15) is 0 Å². The molecule has 1 rings (SSSR count). The second-order valence-electron chi connectivity index (χ2n) is 4.35. The summed E-state index contributed by atoms with van der Waals surface area (Å²) in [5.74, 6) is -1.33. The first-order chi connectivity index (χ1) is 9.86. The van der Waals surface area contributed by atoms with Crippen LogP contribution < -0.4 is 0 Å². The van der Waals surface area contributed by atoms with Crippen LogP contribution in [0.1, 0.15) is 5.56 Å². The fraction of sp³-hybridized carbons (Fsp3) is 0.357. The SMILES string of the molecule is COCCOCC(=CS(=O)(=O)c1ccc(C)cc1)C(=O)O. The van der Waals surface area contributed by atoms with Crippen LogP contribution >= 0.6 is 0 Å². The number of aryl methyl sites for hydroxylation is 1. The van der Waals surface area contributed by atoms with Gasteiger partial charge in [-0.2, -0.15) is 0 Å². The molecule has 1 N–H and O–H groups in total. The normalized spacial score (nSPS) is 12.4. The maximum atomic E-state index is 12.1. The molecular weight excluding hydrogens is 296 g/mol. The predicted molar refractivity (Wildman–Crippen MR) is 76.8 cm³/mol. The Bertz CT molecular complexity index is 601. The molecule has 0 aliphatic carbocycles. The van der Waals surface area contributed by atoms with Crippen molar-refractivity contribution in [2.75, 3.05) is 26.9 Å². The number of hydrogen-bond donors (Lipinski definition) is 1. The standard InChI is InChI=1S/C14H18O6S/c1-11-3-5-13(6-4-11)21(17,18)10-12(14(15)16)9-20-8-7-19-2/h3-6,10H,7-9H2,1-2H3,(H,15,16). The highest BCUT2D eigenvalue weighted by Gasteiger charge is 2.16. The average molecular weight is 314 g/mol. The summed E-state index contributed by atoms with van der Waals surface area (Å²) in [6, 6.07) is 6.17. The summed E-state index contributed by atoms with van der Waals surface area (Å²) < 4.78 is 34.1. The molecule has 0 aromatic heterocycles. The van der Waals surface area contributed by atoms with Crippen molar-refractivity contribution in [3.05, 3.63) is 40.8 Å². The molecule has 7 heteroatoms. The zero-order valence-electron chi connectivity index (χ0n) is 11.9. The van der Waals surface area contributed by atoms with E-state index in [0.717, 1.165) is 11.0 Å². The highest BCUT2D eigenvalue weighted by Crippen LogP contribution is 2.15. The third-order valence-electron chi connectivity index (χ3n) is 2.61. The van der Waals surface area contributed by atoms with Crippen LogP contribution in [0.4, 0.5) is 0 Å². The fourth-order valence-electron chi connectivity index (χ4n) is 1.45. The molecule has 0 atom stereocenters. The summed E-state index contributed by atoms with van der Waals surface area (Å²) >= 11 is 0. The molecule has 1 aromatic rings. The zero-order valence-corrected chi connectivity index (χ0v) is 12.7. The van der Waals surface area contributed by atoms with Crippen molar-refractivity contribution >= 4 is 15.8 Å². The lowest BCUT2D eigenvalue weighted by atomic mass is 10.2. The van der Waals surface area contributed by atoms with Gasteiger partial charge in [-0.15, -0.1) is 0 Å². The summed E-state index contributed by atoms with van der Waals surface area (Å²) in [7, 11) is -2.33. The first kappa shape index (κ1) is 17.4. The third-order valence-corrected chi connectivity index (χ3v) is 4.14. The van der Waals surface area contributed by atoms with Gasteiger partial charge in [-0.1, -0.05) is 17.7 Å². The monoisotopic (exact) mass is 314 g/mol. The first-order valence-corrected chi connectivity index (χ1v) is 7.74. The molecular formula is C14H18O6S. The molecule has 0 aliphatic rings. The molecule has 6 nitrogen and oxygen atoms in total. The molecule has 1 aromatic carbocycles. The number of rotatable bonds is 8. The molecule has 21 heavy (non-hydrogen) atoms. The van der Waals surface area contributed by atoms with E-state index in [4.69, 9.17) is 14.6 Å². The van der Waals surface area contributed by atoms with Crippen LogP contribution in [0.2, 0.25) is 0 Å². The Kier molecular flexibility index (Phi) is 6.54. The van der Waals surface area contributed by atoms with E-state index in [2.05, 4.69) is 0 Å². The number of hydrogen-bond acceptors (Lipinski definition) is 5. The molecule has 0 unspecified atom stereocenters. The summed E-state index contributed by atoms with van der Waals surface area (Å²) in [6.07, 6.45) is 0. The molecule has 0 saturated carbocycles. The van der Waals surface area contributed by atoms with Gasteiger partial charge in [-0.3, -0.25) is 0 Å². The van der Waals surface area contributed by atoms with Crippen molar-refractivity contribution in [1.29, 1.82) is 0 Å². The van der Waals surface area contributed by atoms with E-state index in [9.17, 15) is 13.2 Å². The van der Waals surface area contributed by atoms with Gasteiger partial charge in [0.25, 0.3) is 0 Å². The number of benzene rings is 1. The summed E-state index contributed by atoms with van der Waals surface area (Å²) in [5.41, 5.74) is 0.589. The van der Waals surface area contributed by atoms with Gasteiger partial charge in [0, 0.05) is 12.5 Å². The van der Waals surface area contributed by atoms with Gasteiger partial charge in [0.15, 0.2) is 9.84 Å². The average Bonchev–Trinajstić information content (AvgIpc) is 2.42. The Morgan fingerprint density at radius 3 is 2.38 bits per heavy atom. The molecule has 0 aliphatic heterocycles. The minimum Gasteiger partial charge on any atom is -0.478 e. The van der Waals surface area contributed by atoms with Crippen LogP contribution in [0.3, 0.4) is 0 Å². The molecule has 0 bridgehead atoms. The van der Waals surface area contributed by atoms with Crippen LogP contribution in [0, 0.1) is 6.92 Å². The number of aliphatic carboxylic acids is 1. The minimum absolute atomic E-state index is 0.0451. The molecule has 0 spiro atoms. The van der Waals surface area contributed by atoms with Gasteiger partial charge in [0.2, 0.25) is 0 Å². The lowest BCUT2D eigenvalue weighted by Crippen LogP contribution is -2.13. The third kappa shape index (κ3) is 5.66. The van der Waals surface area contributed by atoms with E-state index >= 15 is 0 Å². The van der Waals surface area contributed by atoms with E-state index in [1.807, 2.05) is 6.92 Å². The molecule has 0 radical (unpaired) electrons. The van der Waals surface area contributed by atoms with Crippen molar-refractivity contribution in [1.82, 2.24) is 0 Å². The van der Waals surface area contributed by atoms with Crippen molar-refractivity contribution in [3.63, 3.8) is 0 Å². The number of ether oxygens (including phenoxy) is 2. The smallest absolute Gasteiger partial charge is 0.334 e. The quantitative estimate of drug-likeness (QED) is 0.576. The zero-order chi connectivity index (χ0) is 15.9. The summed E-state index contributed by atoms with van der Waals surface area (Å²) in [5, 5.41) is 9.77. The Morgan fingerprint density at radius 2 is 1.86 bits per heavy atom. The van der Waals surface area contributed by atoms with Gasteiger partial charge in [-0.25, -0.2) is 13.2 Å². The summed E-state index contributed by atoms with van der Waals surface area (Å²) in [6.45, 7) is 2.02. The number of sulfone groups is 1. The van der Waals surface area contributed by atoms with E-state index in [1.54, 1.807) is 12.1 Å². The lowest BCUT2D eigenvalue weighted by molar-refractivity contribution is -0.133. The highest BCUT2D eigenvalue weighted by molar-refractivity contribution is 7.94.